The molecule has 1 N–H and O–H groups in total. The first-order valence-electron chi connectivity index (χ1n) is 6.55. The number of hydrogen-bond acceptors (Lipinski definition) is 2. The lowest BCUT2D eigenvalue weighted by Crippen LogP contribution is -2.13. The van der Waals surface area contributed by atoms with Crippen LogP contribution in [0.5, 0.6) is 5.75 Å². The number of ether oxygens (including phenoxy) is 1. The molecule has 0 saturated heterocycles. The molecule has 0 spiro atoms. The molecule has 0 aliphatic carbocycles. The molecule has 0 atom stereocenters. The average molecular weight is 355 g/mol. The molecule has 0 radical (unpaired) electrons. The van der Waals surface area contributed by atoms with E-state index in [4.69, 9.17) is 16.3 Å². The highest BCUT2D eigenvalue weighted by Gasteiger charge is 2.01. The summed E-state index contributed by atoms with van der Waals surface area (Å²) in [5, 5.41) is 4.17. The fourth-order valence-electron chi connectivity index (χ4n) is 1.92. The number of benzene rings is 2. The maximum Gasteiger partial charge on any atom is 0.119 e. The van der Waals surface area contributed by atoms with Gasteiger partial charge in [-0.15, -0.1) is 0 Å². The van der Waals surface area contributed by atoms with Crippen molar-refractivity contribution in [2.45, 2.75) is 20.0 Å². The Balaban J connectivity index is 1.90. The maximum absolute atomic E-state index is 6.19. The maximum atomic E-state index is 6.19. The number of rotatable bonds is 6. The van der Waals surface area contributed by atoms with Crippen LogP contribution in [0.3, 0.4) is 0 Å². The molecule has 2 rings (SSSR count). The monoisotopic (exact) mass is 353 g/mol. The third-order valence-corrected chi connectivity index (χ3v) is 3.71. The number of nitrogens with one attached hydrogen (secondary N) is 1. The lowest BCUT2D eigenvalue weighted by molar-refractivity contribution is 0.340. The highest BCUT2D eigenvalue weighted by molar-refractivity contribution is 9.10. The standard InChI is InChI=1S/C16H17BrClNO/c1-2-20-15-5-3-4-12(8-15)10-19-11-13-6-7-14(17)9-16(13)18/h3-9,19H,2,10-11H2,1H3. The zero-order valence-electron chi connectivity index (χ0n) is 11.3. The predicted molar refractivity (Wildman–Crippen MR) is 87.3 cm³/mol. The Hall–Kier alpha value is -1.03. The van der Waals surface area contributed by atoms with E-state index in [1.165, 1.54) is 5.56 Å². The summed E-state index contributed by atoms with van der Waals surface area (Å²) in [6, 6.07) is 14.1. The van der Waals surface area contributed by atoms with Crippen molar-refractivity contribution in [1.29, 1.82) is 0 Å². The zero-order valence-corrected chi connectivity index (χ0v) is 13.7. The fourth-order valence-corrected chi connectivity index (χ4v) is 2.66. The topological polar surface area (TPSA) is 21.3 Å². The van der Waals surface area contributed by atoms with Gasteiger partial charge in [0.15, 0.2) is 0 Å². The Bertz CT molecular complexity index is 574. The van der Waals surface area contributed by atoms with Gasteiger partial charge >= 0.3 is 0 Å². The van der Waals surface area contributed by atoms with Crippen LogP contribution in [0.2, 0.25) is 5.02 Å². The SMILES string of the molecule is CCOc1cccc(CNCc2ccc(Br)cc2Cl)c1. The smallest absolute Gasteiger partial charge is 0.119 e. The zero-order chi connectivity index (χ0) is 14.4. The summed E-state index contributed by atoms with van der Waals surface area (Å²) in [6.07, 6.45) is 0. The average Bonchev–Trinajstić information content (AvgIpc) is 2.42. The van der Waals surface area contributed by atoms with Gasteiger partial charge in [0, 0.05) is 22.6 Å². The van der Waals surface area contributed by atoms with Crippen molar-refractivity contribution < 1.29 is 4.74 Å². The van der Waals surface area contributed by atoms with Crippen LogP contribution >= 0.6 is 27.5 Å². The molecular weight excluding hydrogens is 338 g/mol. The molecule has 4 heteroatoms. The van der Waals surface area contributed by atoms with Crippen molar-refractivity contribution in [3.05, 3.63) is 63.1 Å². The van der Waals surface area contributed by atoms with Gasteiger partial charge in [-0.1, -0.05) is 45.7 Å². The molecule has 106 valence electrons. The van der Waals surface area contributed by atoms with Crippen molar-refractivity contribution >= 4 is 27.5 Å². The van der Waals surface area contributed by atoms with Gasteiger partial charge in [-0.3, -0.25) is 0 Å². The van der Waals surface area contributed by atoms with Crippen LogP contribution in [0.25, 0.3) is 0 Å². The van der Waals surface area contributed by atoms with Crippen LogP contribution in [-0.2, 0) is 13.1 Å². The minimum Gasteiger partial charge on any atom is -0.494 e. The van der Waals surface area contributed by atoms with E-state index in [-0.39, 0.29) is 0 Å². The summed E-state index contributed by atoms with van der Waals surface area (Å²) in [5.41, 5.74) is 2.29. The van der Waals surface area contributed by atoms with E-state index in [2.05, 4.69) is 33.4 Å². The van der Waals surface area contributed by atoms with Gasteiger partial charge in [0.1, 0.15) is 5.75 Å². The van der Waals surface area contributed by atoms with Crippen LogP contribution in [-0.4, -0.2) is 6.61 Å². The van der Waals surface area contributed by atoms with Crippen LogP contribution in [0.15, 0.2) is 46.9 Å². The fraction of sp³-hybridized carbons (Fsp3) is 0.250. The lowest BCUT2D eigenvalue weighted by atomic mass is 10.2. The molecule has 0 bridgehead atoms. The minimum atomic E-state index is 0.686. The largest absolute Gasteiger partial charge is 0.494 e. The second-order valence-corrected chi connectivity index (χ2v) is 5.74. The molecule has 0 unspecified atom stereocenters. The van der Waals surface area contributed by atoms with Crippen LogP contribution in [0.1, 0.15) is 18.1 Å². The summed E-state index contributed by atoms with van der Waals surface area (Å²) >= 11 is 9.59. The molecule has 0 aromatic heterocycles. The minimum absolute atomic E-state index is 0.686. The van der Waals surface area contributed by atoms with Crippen LogP contribution < -0.4 is 10.1 Å². The van der Waals surface area contributed by atoms with Crippen LogP contribution in [0.4, 0.5) is 0 Å². The van der Waals surface area contributed by atoms with Gasteiger partial charge < -0.3 is 10.1 Å². The van der Waals surface area contributed by atoms with E-state index < -0.39 is 0 Å². The Labute approximate surface area is 133 Å². The first kappa shape index (κ1) is 15.4. The quantitative estimate of drug-likeness (QED) is 0.805. The molecule has 2 nitrogen and oxygen atoms in total. The summed E-state index contributed by atoms with van der Waals surface area (Å²) in [4.78, 5) is 0. The third-order valence-electron chi connectivity index (χ3n) is 2.87. The second kappa shape index (κ2) is 7.67. The molecular formula is C16H17BrClNO. The van der Waals surface area contributed by atoms with Crippen molar-refractivity contribution in [2.24, 2.45) is 0 Å². The van der Waals surface area contributed by atoms with Crippen molar-refractivity contribution in [3.8, 4) is 5.75 Å². The Kier molecular flexibility index (Phi) is 5.89. The summed E-state index contributed by atoms with van der Waals surface area (Å²) < 4.78 is 6.49. The first-order valence-corrected chi connectivity index (χ1v) is 7.72. The third kappa shape index (κ3) is 4.51. The molecule has 2 aromatic rings. The highest BCUT2D eigenvalue weighted by Crippen LogP contribution is 2.21. The molecule has 20 heavy (non-hydrogen) atoms. The van der Waals surface area contributed by atoms with E-state index in [1.807, 2.05) is 37.3 Å². The van der Waals surface area contributed by atoms with E-state index in [1.54, 1.807) is 0 Å². The molecule has 0 heterocycles. The van der Waals surface area contributed by atoms with E-state index in [0.29, 0.717) is 6.61 Å². The molecule has 0 saturated carbocycles. The highest BCUT2D eigenvalue weighted by atomic mass is 79.9. The van der Waals surface area contributed by atoms with Gasteiger partial charge in [0.2, 0.25) is 0 Å². The first-order chi connectivity index (χ1) is 9.69. The number of halogens is 2. The Morgan fingerprint density at radius 3 is 2.75 bits per heavy atom. The van der Waals surface area contributed by atoms with Gasteiger partial charge in [0.25, 0.3) is 0 Å². The van der Waals surface area contributed by atoms with Gasteiger partial charge in [-0.2, -0.15) is 0 Å². The molecule has 0 amide bonds. The van der Waals surface area contributed by atoms with Crippen molar-refractivity contribution in [3.63, 3.8) is 0 Å². The number of hydrogen-bond donors (Lipinski definition) is 1. The summed E-state index contributed by atoms with van der Waals surface area (Å²) in [5.74, 6) is 0.911. The van der Waals surface area contributed by atoms with E-state index >= 15 is 0 Å². The molecule has 0 aliphatic heterocycles. The van der Waals surface area contributed by atoms with Crippen LogP contribution in [0, 0.1) is 0 Å². The van der Waals surface area contributed by atoms with E-state index in [0.717, 1.165) is 33.9 Å². The van der Waals surface area contributed by atoms with Gasteiger partial charge in [-0.25, -0.2) is 0 Å². The van der Waals surface area contributed by atoms with Gasteiger partial charge in [0.05, 0.1) is 6.61 Å². The second-order valence-electron chi connectivity index (χ2n) is 4.42. The molecule has 2 aromatic carbocycles. The molecule has 0 aliphatic rings. The van der Waals surface area contributed by atoms with E-state index in [9.17, 15) is 0 Å². The summed E-state index contributed by atoms with van der Waals surface area (Å²) in [6.45, 7) is 4.20. The Morgan fingerprint density at radius 2 is 2.00 bits per heavy atom. The van der Waals surface area contributed by atoms with Crippen molar-refractivity contribution in [2.75, 3.05) is 6.61 Å². The normalized spacial score (nSPS) is 10.6. The van der Waals surface area contributed by atoms with Gasteiger partial charge in [-0.05, 0) is 42.3 Å². The summed E-state index contributed by atoms with van der Waals surface area (Å²) in [7, 11) is 0. The van der Waals surface area contributed by atoms with Crippen molar-refractivity contribution in [1.82, 2.24) is 5.32 Å². The lowest BCUT2D eigenvalue weighted by Gasteiger charge is -2.09. The Morgan fingerprint density at radius 1 is 1.15 bits per heavy atom. The predicted octanol–water partition coefficient (Wildman–Crippen LogP) is 4.79. The molecule has 0 fully saturated rings.